The number of hydrogen-bond donors (Lipinski definition) is 4. The highest BCUT2D eigenvalue weighted by molar-refractivity contribution is 7.17. The Balaban J connectivity index is 1.72. The van der Waals surface area contributed by atoms with Gasteiger partial charge in [-0.05, 0) is 43.7 Å². The second kappa shape index (κ2) is 9.89. The van der Waals surface area contributed by atoms with E-state index >= 15 is 0 Å². The first-order valence-corrected chi connectivity index (χ1v) is 11.7. The molecule has 1 aliphatic heterocycles. The first kappa shape index (κ1) is 24.0. The van der Waals surface area contributed by atoms with Crippen molar-refractivity contribution in [3.8, 4) is 0 Å². The number of fused-ring (bicyclic) bond motifs is 1. The molecule has 5 N–H and O–H groups in total. The average Bonchev–Trinajstić information content (AvgIpc) is 3.04. The second-order valence-electron chi connectivity index (χ2n) is 8.61. The number of rotatable bonds is 7. The Hall–Kier alpha value is -2.62. The van der Waals surface area contributed by atoms with E-state index in [0.717, 1.165) is 17.0 Å². The number of nitrogens with zero attached hydrogens (tertiary/aromatic N) is 1. The molecule has 0 bridgehead atoms. The van der Waals surface area contributed by atoms with E-state index in [0.29, 0.717) is 51.7 Å². The van der Waals surface area contributed by atoms with Crippen LogP contribution in [0.4, 0.5) is 15.5 Å². The van der Waals surface area contributed by atoms with E-state index in [4.69, 9.17) is 17.3 Å². The Bertz CT molecular complexity index is 1020. The van der Waals surface area contributed by atoms with Crippen LogP contribution in [0.3, 0.4) is 0 Å². The van der Waals surface area contributed by atoms with Gasteiger partial charge < -0.3 is 20.9 Å². The van der Waals surface area contributed by atoms with Gasteiger partial charge in [0.05, 0.1) is 37.0 Å². The van der Waals surface area contributed by atoms with Gasteiger partial charge in [-0.25, -0.2) is 4.79 Å². The lowest BCUT2D eigenvalue weighted by molar-refractivity contribution is -0.923. The van der Waals surface area contributed by atoms with Gasteiger partial charge in [-0.2, -0.15) is 0 Å². The van der Waals surface area contributed by atoms with Crippen LogP contribution in [0, 0.1) is 0 Å². The molecule has 10 heteroatoms. The minimum absolute atomic E-state index is 0.0374. The summed E-state index contributed by atoms with van der Waals surface area (Å²) in [5.41, 5.74) is 7.51. The number of hydrogen-bond acceptors (Lipinski definition) is 4. The van der Waals surface area contributed by atoms with Crippen LogP contribution in [0.2, 0.25) is 5.02 Å². The van der Waals surface area contributed by atoms with Crippen LogP contribution in [0.5, 0.6) is 0 Å². The largest absolute Gasteiger partial charge is 0.365 e. The lowest BCUT2D eigenvalue weighted by atomic mass is 10.0. The molecule has 0 spiro atoms. The maximum absolute atomic E-state index is 12.5. The van der Waals surface area contributed by atoms with E-state index in [2.05, 4.69) is 23.0 Å². The second-order valence-corrected chi connectivity index (χ2v) is 10.1. The lowest BCUT2D eigenvalue weighted by Gasteiger charge is -2.37. The fourth-order valence-corrected chi connectivity index (χ4v) is 5.36. The first-order valence-electron chi connectivity index (χ1n) is 10.5. The molecule has 0 saturated carbocycles. The molecular formula is C22H29ClN5O3S+. The summed E-state index contributed by atoms with van der Waals surface area (Å²) in [5, 5.41) is 9.44. The molecule has 1 aliphatic rings. The number of thiophene rings is 1. The normalized spacial score (nSPS) is 17.5. The topological polar surface area (TPSA) is 113 Å². The Morgan fingerprint density at radius 1 is 1.19 bits per heavy atom. The van der Waals surface area contributed by atoms with Crippen molar-refractivity contribution in [2.24, 2.45) is 5.73 Å². The Morgan fingerprint density at radius 2 is 1.88 bits per heavy atom. The summed E-state index contributed by atoms with van der Waals surface area (Å²) in [7, 11) is 2.11. The van der Waals surface area contributed by atoms with Crippen LogP contribution >= 0.6 is 22.9 Å². The summed E-state index contributed by atoms with van der Waals surface area (Å²) >= 11 is 7.24. The average molecular weight is 479 g/mol. The molecule has 0 fully saturated rings. The molecule has 0 radical (unpaired) electrons. The summed E-state index contributed by atoms with van der Waals surface area (Å²) in [6, 6.07) is 6.38. The van der Waals surface area contributed by atoms with Gasteiger partial charge in [-0.1, -0.05) is 11.6 Å². The van der Waals surface area contributed by atoms with Gasteiger partial charge in [-0.15, -0.1) is 11.3 Å². The molecule has 32 heavy (non-hydrogen) atoms. The van der Waals surface area contributed by atoms with Gasteiger partial charge in [0.1, 0.15) is 11.5 Å². The Kier molecular flexibility index (Phi) is 7.43. The smallest absolute Gasteiger partial charge is 0.324 e. The van der Waals surface area contributed by atoms with Crippen LogP contribution in [0.25, 0.3) is 0 Å². The number of benzene rings is 1. The first-order chi connectivity index (χ1) is 15.1. The maximum atomic E-state index is 12.5. The van der Waals surface area contributed by atoms with Gasteiger partial charge in [0.15, 0.2) is 0 Å². The predicted molar refractivity (Wildman–Crippen MR) is 128 cm³/mol. The zero-order valence-electron chi connectivity index (χ0n) is 18.5. The fourth-order valence-electron chi connectivity index (χ4n) is 3.82. The van der Waals surface area contributed by atoms with Crippen LogP contribution < -0.4 is 21.7 Å². The Morgan fingerprint density at radius 3 is 2.50 bits per heavy atom. The van der Waals surface area contributed by atoms with Crippen molar-refractivity contribution in [3.63, 3.8) is 0 Å². The number of nitrogens with one attached hydrogen (secondary N) is 3. The van der Waals surface area contributed by atoms with Crippen LogP contribution in [0.15, 0.2) is 24.3 Å². The maximum Gasteiger partial charge on any atom is 0.324 e. The van der Waals surface area contributed by atoms with E-state index in [1.165, 1.54) is 11.3 Å². The number of nitrogens with two attached hydrogens (primary N) is 1. The third-order valence-electron chi connectivity index (χ3n) is 5.42. The number of amides is 4. The number of carbonyl (C=O) groups is 3. The minimum atomic E-state index is -0.559. The molecule has 0 saturated heterocycles. The van der Waals surface area contributed by atoms with E-state index in [1.54, 1.807) is 24.3 Å². The molecule has 1 atom stereocenters. The highest BCUT2D eigenvalue weighted by atomic mass is 35.5. The van der Waals surface area contributed by atoms with Crippen LogP contribution in [0.1, 0.15) is 41.1 Å². The SMILES string of the molecule is CC(C)NC(=O)CC[N+]1(C)CCc2c(sc(NC(=O)Nc3ccc(Cl)cc3)c2C(N)=O)C1. The van der Waals surface area contributed by atoms with Crippen molar-refractivity contribution >= 4 is 51.5 Å². The molecule has 8 nitrogen and oxygen atoms in total. The number of quaternary nitrogens is 1. The number of anilines is 2. The third kappa shape index (κ3) is 5.99. The summed E-state index contributed by atoms with van der Waals surface area (Å²) < 4.78 is 0.688. The summed E-state index contributed by atoms with van der Waals surface area (Å²) in [6.07, 6.45) is 1.10. The number of primary amides is 1. The summed E-state index contributed by atoms with van der Waals surface area (Å²) in [4.78, 5) is 37.8. The lowest BCUT2D eigenvalue weighted by Crippen LogP contribution is -2.49. The molecule has 3 rings (SSSR count). The highest BCUT2D eigenvalue weighted by Crippen LogP contribution is 2.38. The van der Waals surface area contributed by atoms with Crippen molar-refractivity contribution in [3.05, 3.63) is 45.3 Å². The van der Waals surface area contributed by atoms with Gasteiger partial charge in [0.25, 0.3) is 5.91 Å². The van der Waals surface area contributed by atoms with E-state index < -0.39 is 11.9 Å². The van der Waals surface area contributed by atoms with Crippen LogP contribution in [-0.2, 0) is 17.8 Å². The van der Waals surface area contributed by atoms with Crippen LogP contribution in [-0.4, -0.2) is 48.5 Å². The quantitative estimate of drug-likeness (QED) is 0.456. The highest BCUT2D eigenvalue weighted by Gasteiger charge is 2.35. The van der Waals surface area contributed by atoms with Crippen molar-refractivity contribution in [2.75, 3.05) is 30.8 Å². The van der Waals surface area contributed by atoms with Crippen molar-refractivity contribution in [1.29, 1.82) is 0 Å². The van der Waals surface area contributed by atoms with E-state index in [9.17, 15) is 14.4 Å². The van der Waals surface area contributed by atoms with Gasteiger partial charge >= 0.3 is 6.03 Å². The number of halogens is 1. The molecule has 1 aromatic heterocycles. The number of urea groups is 1. The van der Waals surface area contributed by atoms with E-state index in [-0.39, 0.29) is 11.9 Å². The zero-order chi connectivity index (χ0) is 23.5. The fraction of sp³-hybridized carbons (Fsp3) is 0.409. The monoisotopic (exact) mass is 478 g/mol. The Labute approximate surface area is 196 Å². The predicted octanol–water partition coefficient (Wildman–Crippen LogP) is 3.56. The molecule has 2 aromatic rings. The molecule has 4 amide bonds. The van der Waals surface area contributed by atoms with Crippen molar-refractivity contribution < 1.29 is 18.9 Å². The summed E-state index contributed by atoms with van der Waals surface area (Å²) in [6.45, 7) is 6.04. The number of likely N-dealkylation sites (N-methyl/N-ethyl adjacent to an activating group) is 1. The van der Waals surface area contributed by atoms with Gasteiger partial charge in [0.2, 0.25) is 5.91 Å². The minimum Gasteiger partial charge on any atom is -0.365 e. The van der Waals surface area contributed by atoms with Gasteiger partial charge in [-0.3, -0.25) is 14.9 Å². The van der Waals surface area contributed by atoms with E-state index in [1.807, 2.05) is 13.8 Å². The molecule has 1 unspecified atom stereocenters. The molecule has 172 valence electrons. The summed E-state index contributed by atoms with van der Waals surface area (Å²) in [5.74, 6) is -0.521. The standard InChI is InChI=1S/C22H28ClN5O3S/c1-13(2)25-18(29)9-11-28(3)10-8-16-17(12-28)32-21(19(16)20(24)30)27-22(31)26-15-6-4-14(23)5-7-15/h4-7,13H,8-12H2,1-3H3,(H4-,24,25,26,27,29,30,31)/p+1. The molecule has 2 heterocycles. The van der Waals surface area contributed by atoms with Gasteiger partial charge in [0, 0.05) is 23.2 Å². The molecule has 1 aromatic carbocycles. The molecular weight excluding hydrogens is 450 g/mol. The zero-order valence-corrected chi connectivity index (χ0v) is 20.0. The molecule has 0 aliphatic carbocycles. The number of carbonyl (C=O) groups excluding carboxylic acids is 3. The van der Waals surface area contributed by atoms with Crippen molar-refractivity contribution in [1.82, 2.24) is 5.32 Å². The van der Waals surface area contributed by atoms with Crippen molar-refractivity contribution in [2.45, 2.75) is 39.3 Å². The third-order valence-corrected chi connectivity index (χ3v) is 6.81.